The van der Waals surface area contributed by atoms with Gasteiger partial charge in [0.05, 0.1) is 16.2 Å². The number of benzene rings is 2. The van der Waals surface area contributed by atoms with E-state index in [-0.39, 0.29) is 16.8 Å². The van der Waals surface area contributed by atoms with Crippen molar-refractivity contribution in [1.82, 2.24) is 0 Å². The molecule has 0 aromatic heterocycles. The molecule has 0 atom stereocenters. The minimum Gasteiger partial charge on any atom is -0.319 e. The van der Waals surface area contributed by atoms with E-state index >= 15 is 0 Å². The van der Waals surface area contributed by atoms with Crippen LogP contribution in [0.4, 0.5) is 11.4 Å². The van der Waals surface area contributed by atoms with Gasteiger partial charge in [0.2, 0.25) is 0 Å². The number of amides is 1. The highest BCUT2D eigenvalue weighted by molar-refractivity contribution is 9.11. The zero-order chi connectivity index (χ0) is 18.6. The van der Waals surface area contributed by atoms with E-state index in [0.29, 0.717) is 14.6 Å². The molecule has 0 fully saturated rings. The molecule has 0 heterocycles. The van der Waals surface area contributed by atoms with Gasteiger partial charge >= 0.3 is 0 Å². The minimum atomic E-state index is -0.661. The van der Waals surface area contributed by atoms with E-state index in [1.54, 1.807) is 12.1 Å². The molecule has 2 rings (SSSR count). The van der Waals surface area contributed by atoms with E-state index in [9.17, 15) is 20.2 Å². The van der Waals surface area contributed by atoms with Crippen molar-refractivity contribution in [3.05, 3.63) is 72.2 Å². The highest BCUT2D eigenvalue weighted by Crippen LogP contribution is 2.32. The Morgan fingerprint density at radius 1 is 1.28 bits per heavy atom. The molecule has 126 valence electrons. The summed E-state index contributed by atoms with van der Waals surface area (Å²) in [5.74, 6) is -0.661. The van der Waals surface area contributed by atoms with Gasteiger partial charge in [0.1, 0.15) is 11.6 Å². The first-order chi connectivity index (χ1) is 11.8. The molecule has 0 spiro atoms. The van der Waals surface area contributed by atoms with Crippen molar-refractivity contribution in [2.24, 2.45) is 0 Å². The average molecular weight is 465 g/mol. The van der Waals surface area contributed by atoms with Gasteiger partial charge < -0.3 is 5.32 Å². The van der Waals surface area contributed by atoms with Crippen LogP contribution in [0.25, 0.3) is 6.08 Å². The van der Waals surface area contributed by atoms with Crippen LogP contribution in [0.15, 0.2) is 50.9 Å². The van der Waals surface area contributed by atoms with Crippen molar-refractivity contribution in [2.45, 2.75) is 6.92 Å². The van der Waals surface area contributed by atoms with Crippen molar-refractivity contribution in [2.75, 3.05) is 5.32 Å². The number of carbonyl (C=O) groups excluding carboxylic acids is 1. The van der Waals surface area contributed by atoms with Crippen molar-refractivity contribution >= 4 is 55.2 Å². The summed E-state index contributed by atoms with van der Waals surface area (Å²) < 4.78 is 1.30. The maximum Gasteiger partial charge on any atom is 0.276 e. The van der Waals surface area contributed by atoms with Crippen molar-refractivity contribution in [1.29, 1.82) is 5.26 Å². The normalized spacial score (nSPS) is 10.9. The summed E-state index contributed by atoms with van der Waals surface area (Å²) in [4.78, 5) is 22.9. The van der Waals surface area contributed by atoms with Gasteiger partial charge in [-0.15, -0.1) is 0 Å². The zero-order valence-electron chi connectivity index (χ0n) is 12.9. The van der Waals surface area contributed by atoms with Crippen LogP contribution in [0.3, 0.4) is 0 Å². The molecule has 25 heavy (non-hydrogen) atoms. The Hall–Kier alpha value is -2.50. The number of halogens is 2. The van der Waals surface area contributed by atoms with Gasteiger partial charge in [0.15, 0.2) is 0 Å². The Morgan fingerprint density at radius 2 is 1.88 bits per heavy atom. The molecule has 2 aromatic carbocycles. The number of hydrogen-bond donors (Lipinski definition) is 1. The first-order valence-electron chi connectivity index (χ1n) is 6.95. The molecule has 0 unspecified atom stereocenters. The minimum absolute atomic E-state index is 0.180. The van der Waals surface area contributed by atoms with Gasteiger partial charge in [0, 0.05) is 15.0 Å². The number of nitrogens with zero attached hydrogens (tertiary/aromatic N) is 2. The third-order valence-electron chi connectivity index (χ3n) is 3.22. The lowest BCUT2D eigenvalue weighted by molar-refractivity contribution is -0.385. The number of carbonyl (C=O) groups is 1. The Balaban J connectivity index is 2.38. The SMILES string of the molecule is Cc1cc(Br)c(NC(=O)/C(C#N)=C/c2ccccc2[N+](=O)[O-])c(Br)c1. The number of aryl methyl sites for hydroxylation is 1. The molecule has 0 aliphatic rings. The lowest BCUT2D eigenvalue weighted by atomic mass is 10.1. The number of anilines is 1. The average Bonchev–Trinajstić information content (AvgIpc) is 2.55. The van der Waals surface area contributed by atoms with Gasteiger partial charge in [0.25, 0.3) is 11.6 Å². The number of para-hydroxylation sites is 1. The Morgan fingerprint density at radius 3 is 2.44 bits per heavy atom. The molecule has 0 radical (unpaired) electrons. The molecule has 8 heteroatoms. The smallest absolute Gasteiger partial charge is 0.276 e. The molecular weight excluding hydrogens is 454 g/mol. The summed E-state index contributed by atoms with van der Waals surface area (Å²) in [6, 6.07) is 11.3. The van der Waals surface area contributed by atoms with Crippen LogP contribution < -0.4 is 5.32 Å². The maximum absolute atomic E-state index is 12.4. The van der Waals surface area contributed by atoms with Crippen molar-refractivity contribution < 1.29 is 9.72 Å². The van der Waals surface area contributed by atoms with Crippen molar-refractivity contribution in [3.63, 3.8) is 0 Å². The fourth-order valence-corrected chi connectivity index (χ4v) is 3.69. The van der Waals surface area contributed by atoms with Gasteiger partial charge in [-0.3, -0.25) is 14.9 Å². The second-order valence-electron chi connectivity index (χ2n) is 5.04. The number of nitriles is 1. The van der Waals surface area contributed by atoms with E-state index in [1.807, 2.05) is 19.1 Å². The zero-order valence-corrected chi connectivity index (χ0v) is 16.1. The third-order valence-corrected chi connectivity index (χ3v) is 4.47. The molecule has 0 saturated carbocycles. The third kappa shape index (κ3) is 4.53. The molecule has 2 aromatic rings. The van der Waals surface area contributed by atoms with Gasteiger partial charge in [-0.25, -0.2) is 0 Å². The summed E-state index contributed by atoms with van der Waals surface area (Å²) in [5.41, 5.74) is 1.21. The fraction of sp³-hybridized carbons (Fsp3) is 0.0588. The van der Waals surface area contributed by atoms with E-state index in [4.69, 9.17) is 0 Å². The monoisotopic (exact) mass is 463 g/mol. The summed E-state index contributed by atoms with van der Waals surface area (Å²) in [6.07, 6.45) is 1.20. The quantitative estimate of drug-likeness (QED) is 0.299. The summed E-state index contributed by atoms with van der Waals surface area (Å²) in [7, 11) is 0. The molecular formula is C17H11Br2N3O3. The number of rotatable bonds is 4. The van der Waals surface area contributed by atoms with E-state index in [1.165, 1.54) is 24.3 Å². The molecule has 6 nitrogen and oxygen atoms in total. The van der Waals surface area contributed by atoms with Gasteiger partial charge in [-0.2, -0.15) is 5.26 Å². The predicted molar refractivity (Wildman–Crippen MR) is 102 cm³/mol. The lowest BCUT2D eigenvalue weighted by Crippen LogP contribution is -2.14. The van der Waals surface area contributed by atoms with Gasteiger partial charge in [-0.1, -0.05) is 12.1 Å². The first-order valence-corrected chi connectivity index (χ1v) is 8.54. The Labute approximate surface area is 160 Å². The van der Waals surface area contributed by atoms with Crippen LogP contribution in [-0.2, 0) is 4.79 Å². The summed E-state index contributed by atoms with van der Waals surface area (Å²) in [6.45, 7) is 1.90. The van der Waals surface area contributed by atoms with E-state index in [2.05, 4.69) is 37.2 Å². The van der Waals surface area contributed by atoms with E-state index in [0.717, 1.165) is 5.56 Å². The Kier molecular flexibility index (Phi) is 6.07. The number of nitro groups is 1. The van der Waals surface area contributed by atoms with Crippen molar-refractivity contribution in [3.8, 4) is 6.07 Å². The van der Waals surface area contributed by atoms with Crippen LogP contribution in [0, 0.1) is 28.4 Å². The van der Waals surface area contributed by atoms with Gasteiger partial charge in [-0.05, 0) is 68.6 Å². The molecule has 0 aliphatic carbocycles. The maximum atomic E-state index is 12.4. The first kappa shape index (κ1) is 18.8. The molecule has 0 saturated heterocycles. The highest BCUT2D eigenvalue weighted by Gasteiger charge is 2.17. The second kappa shape index (κ2) is 8.05. The standard InChI is InChI=1S/C17H11Br2N3O3/c1-10-6-13(18)16(14(19)7-10)21-17(23)12(9-20)8-11-4-2-3-5-15(11)22(24)25/h2-8H,1H3,(H,21,23)/b12-8+. The Bertz CT molecular complexity index is 910. The molecule has 1 N–H and O–H groups in total. The molecule has 0 bridgehead atoms. The molecule has 1 amide bonds. The molecule has 0 aliphatic heterocycles. The number of nitro benzene ring substituents is 1. The largest absolute Gasteiger partial charge is 0.319 e. The van der Waals surface area contributed by atoms with Crippen LogP contribution in [0.5, 0.6) is 0 Å². The lowest BCUT2D eigenvalue weighted by Gasteiger charge is -2.10. The highest BCUT2D eigenvalue weighted by atomic mass is 79.9. The number of hydrogen-bond acceptors (Lipinski definition) is 4. The van der Waals surface area contributed by atoms with E-state index < -0.39 is 10.8 Å². The number of nitrogens with one attached hydrogen (secondary N) is 1. The van der Waals surface area contributed by atoms with Crippen LogP contribution in [0.2, 0.25) is 0 Å². The topological polar surface area (TPSA) is 96.0 Å². The summed E-state index contributed by atoms with van der Waals surface area (Å²) >= 11 is 6.72. The second-order valence-corrected chi connectivity index (χ2v) is 6.75. The van der Waals surface area contributed by atoms with Crippen LogP contribution in [-0.4, -0.2) is 10.8 Å². The summed E-state index contributed by atoms with van der Waals surface area (Å²) in [5, 5.41) is 23.0. The van der Waals surface area contributed by atoms with Crippen LogP contribution in [0.1, 0.15) is 11.1 Å². The fourth-order valence-electron chi connectivity index (χ4n) is 2.08. The van der Waals surface area contributed by atoms with Crippen LogP contribution >= 0.6 is 31.9 Å². The predicted octanol–water partition coefficient (Wildman–Crippen LogP) is 4.97.